The Labute approximate surface area is 142 Å². The average Bonchev–Trinajstić information content (AvgIpc) is 2.53. The highest BCUT2D eigenvalue weighted by atomic mass is 16.6. The zero-order valence-corrected chi connectivity index (χ0v) is 14.7. The van der Waals surface area contributed by atoms with Gasteiger partial charge in [-0.05, 0) is 51.3 Å². The van der Waals surface area contributed by atoms with Crippen LogP contribution >= 0.6 is 0 Å². The molecule has 1 aromatic rings. The van der Waals surface area contributed by atoms with Crippen LogP contribution in [0, 0.1) is 0 Å². The Hall–Kier alpha value is -2.24. The van der Waals surface area contributed by atoms with Crippen molar-refractivity contribution in [3.63, 3.8) is 0 Å². The third-order valence-electron chi connectivity index (χ3n) is 4.30. The van der Waals surface area contributed by atoms with Gasteiger partial charge in [-0.15, -0.1) is 0 Å². The van der Waals surface area contributed by atoms with Crippen molar-refractivity contribution in [2.75, 3.05) is 20.2 Å². The molecular weight excluding hydrogens is 310 g/mol. The molecule has 6 nitrogen and oxygen atoms in total. The van der Waals surface area contributed by atoms with Crippen LogP contribution in [0.4, 0.5) is 4.79 Å². The van der Waals surface area contributed by atoms with Gasteiger partial charge in [-0.3, -0.25) is 4.79 Å². The zero-order chi connectivity index (χ0) is 18.0. The number of methoxy groups -OCH3 is 1. The Morgan fingerprint density at radius 1 is 1.21 bits per heavy atom. The SMILES string of the molecule is COc1cccc(C2(C(=O)O)CCN(C(=O)OC(C)(C)C)CC2)c1. The number of aliphatic carboxylic acids is 1. The van der Waals surface area contributed by atoms with Crippen LogP contribution in [-0.2, 0) is 14.9 Å². The summed E-state index contributed by atoms with van der Waals surface area (Å²) in [6, 6.07) is 7.14. The van der Waals surface area contributed by atoms with E-state index in [2.05, 4.69) is 0 Å². The molecule has 1 aliphatic rings. The molecule has 6 heteroatoms. The molecule has 1 N–H and O–H groups in total. The minimum absolute atomic E-state index is 0.342. The van der Waals surface area contributed by atoms with Gasteiger partial charge < -0.3 is 19.5 Å². The van der Waals surface area contributed by atoms with E-state index in [9.17, 15) is 14.7 Å². The number of carbonyl (C=O) groups excluding carboxylic acids is 1. The van der Waals surface area contributed by atoms with E-state index >= 15 is 0 Å². The number of carbonyl (C=O) groups is 2. The number of benzene rings is 1. The van der Waals surface area contributed by atoms with E-state index in [1.54, 1.807) is 36.3 Å². The highest BCUT2D eigenvalue weighted by Gasteiger charge is 2.44. The largest absolute Gasteiger partial charge is 0.497 e. The molecule has 0 saturated carbocycles. The Morgan fingerprint density at radius 3 is 2.33 bits per heavy atom. The maximum Gasteiger partial charge on any atom is 0.410 e. The van der Waals surface area contributed by atoms with Crippen LogP contribution in [0.1, 0.15) is 39.2 Å². The van der Waals surface area contributed by atoms with E-state index in [4.69, 9.17) is 9.47 Å². The lowest BCUT2D eigenvalue weighted by Gasteiger charge is -2.39. The molecule has 0 spiro atoms. The molecule has 24 heavy (non-hydrogen) atoms. The molecule has 0 aromatic heterocycles. The van der Waals surface area contributed by atoms with E-state index in [0.29, 0.717) is 37.2 Å². The molecule has 1 amide bonds. The fourth-order valence-electron chi connectivity index (χ4n) is 2.94. The van der Waals surface area contributed by atoms with Crippen LogP contribution in [0.15, 0.2) is 24.3 Å². The molecular formula is C18H25NO5. The van der Waals surface area contributed by atoms with Crippen molar-refractivity contribution < 1.29 is 24.2 Å². The maximum absolute atomic E-state index is 12.2. The lowest BCUT2D eigenvalue weighted by atomic mass is 9.73. The second kappa shape index (κ2) is 6.71. The minimum atomic E-state index is -1.01. The van der Waals surface area contributed by atoms with E-state index in [1.807, 2.05) is 20.8 Å². The lowest BCUT2D eigenvalue weighted by molar-refractivity contribution is -0.146. The first-order valence-electron chi connectivity index (χ1n) is 8.04. The predicted octanol–water partition coefficient (Wildman–Crippen LogP) is 3.05. The molecule has 132 valence electrons. The van der Waals surface area contributed by atoms with Crippen molar-refractivity contribution in [2.24, 2.45) is 0 Å². The van der Waals surface area contributed by atoms with Gasteiger partial charge in [0.05, 0.1) is 12.5 Å². The van der Waals surface area contributed by atoms with E-state index in [1.165, 1.54) is 0 Å². The Bertz CT molecular complexity index is 612. The number of ether oxygens (including phenoxy) is 2. The van der Waals surface area contributed by atoms with Gasteiger partial charge in [0.1, 0.15) is 11.4 Å². The first kappa shape index (κ1) is 18.1. The van der Waals surface area contributed by atoms with Gasteiger partial charge in [-0.1, -0.05) is 12.1 Å². The summed E-state index contributed by atoms with van der Waals surface area (Å²) >= 11 is 0. The summed E-state index contributed by atoms with van der Waals surface area (Å²) < 4.78 is 10.6. The number of likely N-dealkylation sites (tertiary alicyclic amines) is 1. The summed E-state index contributed by atoms with van der Waals surface area (Å²) in [5.41, 5.74) is -0.865. The molecule has 0 aliphatic carbocycles. The van der Waals surface area contributed by atoms with Crippen LogP contribution in [-0.4, -0.2) is 47.9 Å². The summed E-state index contributed by atoms with van der Waals surface area (Å²) in [5.74, 6) is -0.248. The summed E-state index contributed by atoms with van der Waals surface area (Å²) in [6.45, 7) is 6.13. The first-order valence-corrected chi connectivity index (χ1v) is 8.04. The smallest absolute Gasteiger partial charge is 0.410 e. The van der Waals surface area contributed by atoms with Crippen LogP contribution in [0.25, 0.3) is 0 Å². The monoisotopic (exact) mass is 335 g/mol. The predicted molar refractivity (Wildman–Crippen MR) is 89.3 cm³/mol. The lowest BCUT2D eigenvalue weighted by Crippen LogP contribution is -2.50. The van der Waals surface area contributed by atoms with Crippen molar-refractivity contribution in [1.29, 1.82) is 0 Å². The van der Waals surface area contributed by atoms with Crippen LogP contribution in [0.5, 0.6) is 5.75 Å². The van der Waals surface area contributed by atoms with Gasteiger partial charge in [0, 0.05) is 13.1 Å². The summed E-state index contributed by atoms with van der Waals surface area (Å²) in [5, 5.41) is 9.84. The van der Waals surface area contributed by atoms with E-state index in [0.717, 1.165) is 0 Å². The highest BCUT2D eigenvalue weighted by molar-refractivity contribution is 5.82. The van der Waals surface area contributed by atoms with Gasteiger partial charge in [-0.25, -0.2) is 4.79 Å². The third kappa shape index (κ3) is 3.80. The van der Waals surface area contributed by atoms with Crippen LogP contribution in [0.2, 0.25) is 0 Å². The molecule has 0 radical (unpaired) electrons. The fraction of sp³-hybridized carbons (Fsp3) is 0.556. The average molecular weight is 335 g/mol. The van der Waals surface area contributed by atoms with Crippen molar-refractivity contribution >= 4 is 12.1 Å². The van der Waals surface area contributed by atoms with E-state index in [-0.39, 0.29) is 0 Å². The second-order valence-electron chi connectivity index (χ2n) is 7.09. The molecule has 1 aromatic carbocycles. The highest BCUT2D eigenvalue weighted by Crippen LogP contribution is 2.37. The fourth-order valence-corrected chi connectivity index (χ4v) is 2.94. The maximum atomic E-state index is 12.2. The molecule has 1 saturated heterocycles. The Morgan fingerprint density at radius 2 is 1.83 bits per heavy atom. The summed E-state index contributed by atoms with van der Waals surface area (Å²) in [4.78, 5) is 25.8. The summed E-state index contributed by atoms with van der Waals surface area (Å²) in [7, 11) is 1.55. The van der Waals surface area contributed by atoms with Crippen molar-refractivity contribution in [3.05, 3.63) is 29.8 Å². The van der Waals surface area contributed by atoms with Crippen molar-refractivity contribution in [3.8, 4) is 5.75 Å². The van der Waals surface area contributed by atoms with Crippen LogP contribution < -0.4 is 4.74 Å². The number of piperidine rings is 1. The first-order chi connectivity index (χ1) is 11.2. The van der Waals surface area contributed by atoms with Gasteiger partial charge >= 0.3 is 12.1 Å². The second-order valence-corrected chi connectivity index (χ2v) is 7.09. The molecule has 2 rings (SSSR count). The third-order valence-corrected chi connectivity index (χ3v) is 4.30. The Kier molecular flexibility index (Phi) is 5.06. The number of nitrogens with zero attached hydrogens (tertiary/aromatic N) is 1. The van der Waals surface area contributed by atoms with Gasteiger partial charge in [0.15, 0.2) is 0 Å². The number of carboxylic acids is 1. The number of hydrogen-bond acceptors (Lipinski definition) is 4. The van der Waals surface area contributed by atoms with E-state index < -0.39 is 23.1 Å². The number of amides is 1. The van der Waals surface area contributed by atoms with Gasteiger partial charge in [0.25, 0.3) is 0 Å². The summed E-state index contributed by atoms with van der Waals surface area (Å²) in [6.07, 6.45) is 0.288. The van der Waals surface area contributed by atoms with Gasteiger partial charge in [0.2, 0.25) is 0 Å². The number of carboxylic acid groups (broad SMARTS) is 1. The molecule has 0 atom stereocenters. The van der Waals surface area contributed by atoms with Crippen LogP contribution in [0.3, 0.4) is 0 Å². The number of rotatable bonds is 3. The normalized spacial score (nSPS) is 17.2. The molecule has 0 bridgehead atoms. The van der Waals surface area contributed by atoms with Crippen molar-refractivity contribution in [1.82, 2.24) is 4.90 Å². The molecule has 1 aliphatic heterocycles. The number of hydrogen-bond donors (Lipinski definition) is 1. The minimum Gasteiger partial charge on any atom is -0.497 e. The standard InChI is InChI=1S/C18H25NO5/c1-17(2,3)24-16(22)19-10-8-18(9-11-19,15(20)21)13-6-5-7-14(12-13)23-4/h5-7,12H,8-11H2,1-4H3,(H,20,21). The van der Waals surface area contributed by atoms with Crippen molar-refractivity contribution in [2.45, 2.75) is 44.6 Å². The van der Waals surface area contributed by atoms with Gasteiger partial charge in [-0.2, -0.15) is 0 Å². The molecule has 1 heterocycles. The Balaban J connectivity index is 2.18. The molecule has 0 unspecified atom stereocenters. The topological polar surface area (TPSA) is 76.1 Å². The quantitative estimate of drug-likeness (QED) is 0.919. The zero-order valence-electron chi connectivity index (χ0n) is 14.7. The molecule has 1 fully saturated rings.